The van der Waals surface area contributed by atoms with Gasteiger partial charge in [-0.2, -0.15) is 0 Å². The minimum atomic E-state index is -0.224. The Hall–Kier alpha value is -3.27. The number of quaternary nitrogens is 1. The van der Waals surface area contributed by atoms with Gasteiger partial charge in [0.05, 0.1) is 32.5 Å². The zero-order chi connectivity index (χ0) is 23.3. The number of hydrogen-bond acceptors (Lipinski definition) is 5. The molecule has 2 aliphatic rings. The maximum Gasteiger partial charge on any atom is 0.315 e. The monoisotopic (exact) mass is 463 g/mol. The fourth-order valence-electron chi connectivity index (χ4n) is 4.70. The molecule has 3 heterocycles. The number of fused-ring (bicyclic) bond motifs is 1. The first-order valence-electron chi connectivity index (χ1n) is 11.7. The second-order valence-corrected chi connectivity index (χ2v) is 9.07. The number of hydrogen-bond donors (Lipinski definition) is 3. The van der Waals surface area contributed by atoms with E-state index in [1.165, 1.54) is 10.5 Å². The standard InChI is InChI=1S/C25H30N6O3/c1-30(13-19-10-6-3-7-11-19)14-20-15-31(29-28-20)22-17-34-23-21(16-33-24(22)23)27-25(32)26-12-18-8-4-2-5-9-18/h2-11,15,21-24H,12-14,16-17H2,1H3,(H2,26,27,32)/p+1/t21-,22-,23+,24+/m0/s1. The normalized spacial score (nSPS) is 24.5. The van der Waals surface area contributed by atoms with Crippen LogP contribution in [0.25, 0.3) is 0 Å². The van der Waals surface area contributed by atoms with E-state index in [-0.39, 0.29) is 30.3 Å². The van der Waals surface area contributed by atoms with Crippen LogP contribution < -0.4 is 15.5 Å². The van der Waals surface area contributed by atoms with E-state index in [1.54, 1.807) is 0 Å². The van der Waals surface area contributed by atoms with Gasteiger partial charge in [0.15, 0.2) is 0 Å². The molecule has 0 spiro atoms. The highest BCUT2D eigenvalue weighted by Gasteiger charge is 2.49. The summed E-state index contributed by atoms with van der Waals surface area (Å²) < 4.78 is 13.9. The van der Waals surface area contributed by atoms with Crippen LogP contribution in [-0.4, -0.2) is 59.5 Å². The molecule has 9 heteroatoms. The lowest BCUT2D eigenvalue weighted by Crippen LogP contribution is -3.06. The Morgan fingerprint density at radius 1 is 1.00 bits per heavy atom. The van der Waals surface area contributed by atoms with E-state index in [4.69, 9.17) is 9.47 Å². The van der Waals surface area contributed by atoms with E-state index < -0.39 is 0 Å². The van der Waals surface area contributed by atoms with Crippen molar-refractivity contribution in [3.63, 3.8) is 0 Å². The first-order valence-corrected chi connectivity index (χ1v) is 11.7. The minimum absolute atomic E-state index is 0.0557. The van der Waals surface area contributed by atoms with Gasteiger partial charge in [0.1, 0.15) is 37.0 Å². The summed E-state index contributed by atoms with van der Waals surface area (Å²) in [6.45, 7) is 3.07. The van der Waals surface area contributed by atoms with Gasteiger partial charge >= 0.3 is 6.03 Å². The molecule has 3 N–H and O–H groups in total. The quantitative estimate of drug-likeness (QED) is 0.457. The van der Waals surface area contributed by atoms with Gasteiger partial charge in [0.25, 0.3) is 0 Å². The topological polar surface area (TPSA) is 94.7 Å². The number of amides is 2. The fourth-order valence-corrected chi connectivity index (χ4v) is 4.70. The Labute approximate surface area is 199 Å². The Kier molecular flexibility index (Phi) is 6.84. The number of carbonyl (C=O) groups excluding carboxylic acids is 1. The Balaban J connectivity index is 1.12. The fraction of sp³-hybridized carbons (Fsp3) is 0.400. The van der Waals surface area contributed by atoms with Crippen molar-refractivity contribution < 1.29 is 19.2 Å². The lowest BCUT2D eigenvalue weighted by atomic mass is 10.1. The average molecular weight is 464 g/mol. The molecule has 5 atom stereocenters. The van der Waals surface area contributed by atoms with Crippen molar-refractivity contribution in [2.75, 3.05) is 20.3 Å². The molecule has 0 bridgehead atoms. The second-order valence-electron chi connectivity index (χ2n) is 9.07. The maximum atomic E-state index is 12.4. The molecule has 1 aromatic heterocycles. The third kappa shape index (κ3) is 5.27. The zero-order valence-electron chi connectivity index (χ0n) is 19.3. The van der Waals surface area contributed by atoms with Crippen LogP contribution in [0.3, 0.4) is 0 Å². The van der Waals surface area contributed by atoms with Crippen LogP contribution in [0.1, 0.15) is 22.9 Å². The predicted octanol–water partition coefficient (Wildman–Crippen LogP) is 0.700. The molecule has 0 saturated carbocycles. The first kappa shape index (κ1) is 22.5. The maximum absolute atomic E-state index is 12.4. The Bertz CT molecular complexity index is 1080. The van der Waals surface area contributed by atoms with Gasteiger partial charge in [0, 0.05) is 12.1 Å². The molecule has 178 valence electrons. The van der Waals surface area contributed by atoms with Gasteiger partial charge in [-0.05, 0) is 5.56 Å². The van der Waals surface area contributed by atoms with Crippen LogP contribution in [0.15, 0.2) is 66.9 Å². The molecule has 3 aromatic rings. The molecule has 1 unspecified atom stereocenters. The third-order valence-corrected chi connectivity index (χ3v) is 6.37. The van der Waals surface area contributed by atoms with Crippen molar-refractivity contribution in [3.8, 4) is 0 Å². The van der Waals surface area contributed by atoms with Gasteiger partial charge in [-0.3, -0.25) is 0 Å². The molecule has 0 radical (unpaired) electrons. The van der Waals surface area contributed by atoms with E-state index in [2.05, 4.69) is 52.3 Å². The minimum Gasteiger partial charge on any atom is -0.371 e. The summed E-state index contributed by atoms with van der Waals surface area (Å²) in [4.78, 5) is 13.7. The van der Waals surface area contributed by atoms with Crippen molar-refractivity contribution >= 4 is 6.03 Å². The highest BCUT2D eigenvalue weighted by atomic mass is 16.6. The van der Waals surface area contributed by atoms with Crippen LogP contribution >= 0.6 is 0 Å². The van der Waals surface area contributed by atoms with E-state index >= 15 is 0 Å². The highest BCUT2D eigenvalue weighted by Crippen LogP contribution is 2.33. The Morgan fingerprint density at radius 3 is 2.47 bits per heavy atom. The van der Waals surface area contributed by atoms with Crippen molar-refractivity contribution in [3.05, 3.63) is 83.7 Å². The van der Waals surface area contributed by atoms with Crippen LogP contribution in [0.5, 0.6) is 0 Å². The first-order chi connectivity index (χ1) is 16.7. The summed E-state index contributed by atoms with van der Waals surface area (Å²) in [7, 11) is 2.15. The van der Waals surface area contributed by atoms with Crippen LogP contribution in [0.4, 0.5) is 4.79 Å². The van der Waals surface area contributed by atoms with Crippen molar-refractivity contribution in [2.24, 2.45) is 0 Å². The predicted molar refractivity (Wildman–Crippen MR) is 125 cm³/mol. The van der Waals surface area contributed by atoms with E-state index in [0.717, 1.165) is 24.3 Å². The van der Waals surface area contributed by atoms with Crippen molar-refractivity contribution in [1.29, 1.82) is 0 Å². The molecule has 2 amide bonds. The number of benzene rings is 2. The van der Waals surface area contributed by atoms with Gasteiger partial charge in [-0.25, -0.2) is 9.48 Å². The molecule has 34 heavy (non-hydrogen) atoms. The number of rotatable bonds is 8. The smallest absolute Gasteiger partial charge is 0.315 e. The molecule has 2 aliphatic heterocycles. The van der Waals surface area contributed by atoms with Gasteiger partial charge in [-0.15, -0.1) is 5.10 Å². The molecule has 2 fully saturated rings. The second kappa shape index (κ2) is 10.3. The number of carbonyl (C=O) groups is 1. The number of nitrogens with zero attached hydrogens (tertiary/aromatic N) is 3. The lowest BCUT2D eigenvalue weighted by molar-refractivity contribution is -0.908. The third-order valence-electron chi connectivity index (χ3n) is 6.37. The van der Waals surface area contributed by atoms with E-state index in [0.29, 0.717) is 19.8 Å². The summed E-state index contributed by atoms with van der Waals surface area (Å²) in [5.41, 5.74) is 3.28. The molecule has 0 aliphatic carbocycles. The summed E-state index contributed by atoms with van der Waals surface area (Å²) >= 11 is 0. The van der Waals surface area contributed by atoms with Crippen molar-refractivity contribution in [1.82, 2.24) is 25.6 Å². The SMILES string of the molecule is C[NH+](Cc1ccccc1)Cc1cn([C@H]2CO[C@H]3[C@@H]2OC[C@@H]3NC(=O)NCc2ccccc2)nn1. The van der Waals surface area contributed by atoms with E-state index in [1.807, 2.05) is 47.3 Å². The van der Waals surface area contributed by atoms with Gasteiger partial charge in [-0.1, -0.05) is 65.9 Å². The Morgan fingerprint density at radius 2 is 1.71 bits per heavy atom. The number of nitrogens with one attached hydrogen (secondary N) is 3. The van der Waals surface area contributed by atoms with Gasteiger partial charge < -0.3 is 25.0 Å². The average Bonchev–Trinajstić information content (AvgIpc) is 3.57. The lowest BCUT2D eigenvalue weighted by Gasteiger charge is -2.18. The van der Waals surface area contributed by atoms with Crippen LogP contribution in [0.2, 0.25) is 0 Å². The summed E-state index contributed by atoms with van der Waals surface area (Å²) in [6, 6.07) is 19.8. The van der Waals surface area contributed by atoms with Crippen LogP contribution in [-0.2, 0) is 29.1 Å². The number of urea groups is 1. The molecule has 2 aromatic carbocycles. The molecule has 9 nitrogen and oxygen atoms in total. The summed E-state index contributed by atoms with van der Waals surface area (Å²) in [6.07, 6.45) is 1.62. The molecular formula is C25H31N6O3+. The summed E-state index contributed by atoms with van der Waals surface area (Å²) in [5.74, 6) is 0. The largest absolute Gasteiger partial charge is 0.371 e. The van der Waals surface area contributed by atoms with Crippen molar-refractivity contribution in [2.45, 2.75) is 43.9 Å². The highest BCUT2D eigenvalue weighted by molar-refractivity contribution is 5.74. The number of aromatic nitrogens is 3. The van der Waals surface area contributed by atoms with E-state index in [9.17, 15) is 4.79 Å². The number of ether oxygens (including phenoxy) is 2. The summed E-state index contributed by atoms with van der Waals surface area (Å²) in [5, 5.41) is 14.6. The molecule has 2 saturated heterocycles. The van der Waals surface area contributed by atoms with Crippen LogP contribution in [0, 0.1) is 0 Å². The zero-order valence-corrected chi connectivity index (χ0v) is 19.3. The van der Waals surface area contributed by atoms with Gasteiger partial charge in [0.2, 0.25) is 0 Å². The molecule has 5 rings (SSSR count). The molecular weight excluding hydrogens is 432 g/mol.